The number of nitrogens with one attached hydrogen (secondary N) is 1. The molecule has 1 aromatic carbocycles. The second-order valence-electron chi connectivity index (χ2n) is 6.62. The summed E-state index contributed by atoms with van der Waals surface area (Å²) in [5.41, 5.74) is 2.79. The molecule has 0 radical (unpaired) electrons. The van der Waals surface area contributed by atoms with E-state index in [1.807, 2.05) is 26.0 Å². The Hall–Kier alpha value is -1.51. The van der Waals surface area contributed by atoms with Gasteiger partial charge in [-0.25, -0.2) is 0 Å². The van der Waals surface area contributed by atoms with Crippen molar-refractivity contribution in [3.63, 3.8) is 0 Å². The van der Waals surface area contributed by atoms with Gasteiger partial charge in [-0.3, -0.25) is 4.79 Å². The van der Waals surface area contributed by atoms with E-state index in [-0.39, 0.29) is 5.91 Å². The summed E-state index contributed by atoms with van der Waals surface area (Å²) in [5, 5.41) is 3.25. The summed E-state index contributed by atoms with van der Waals surface area (Å²) in [6.07, 6.45) is 5.81. The van der Waals surface area contributed by atoms with Crippen LogP contribution in [0.2, 0.25) is 0 Å². The maximum absolute atomic E-state index is 12.7. The van der Waals surface area contributed by atoms with Crippen molar-refractivity contribution in [3.05, 3.63) is 28.8 Å². The van der Waals surface area contributed by atoms with Crippen molar-refractivity contribution in [1.82, 2.24) is 5.32 Å². The molecule has 1 aromatic rings. The number of ether oxygens (including phenoxy) is 1. The van der Waals surface area contributed by atoms with Gasteiger partial charge >= 0.3 is 0 Å². The zero-order valence-electron chi connectivity index (χ0n) is 14.4. The Balaban J connectivity index is 2.11. The van der Waals surface area contributed by atoms with E-state index >= 15 is 0 Å². The highest BCUT2D eigenvalue weighted by Crippen LogP contribution is 2.26. The smallest absolute Gasteiger partial charge is 0.252 e. The summed E-state index contributed by atoms with van der Waals surface area (Å²) in [6, 6.07) is 4.26. The van der Waals surface area contributed by atoms with Gasteiger partial charge < -0.3 is 10.1 Å². The molecule has 1 N–H and O–H groups in total. The Morgan fingerprint density at radius 1 is 1.23 bits per heavy atom. The zero-order valence-corrected chi connectivity index (χ0v) is 14.4. The molecule has 1 aliphatic carbocycles. The van der Waals surface area contributed by atoms with Crippen molar-refractivity contribution >= 4 is 5.91 Å². The van der Waals surface area contributed by atoms with Gasteiger partial charge in [0.2, 0.25) is 0 Å². The minimum absolute atomic E-state index is 0.0655. The minimum atomic E-state index is 0.0655. The summed E-state index contributed by atoms with van der Waals surface area (Å²) in [5.74, 6) is 1.50. The molecule has 2 unspecified atom stereocenters. The fourth-order valence-electron chi connectivity index (χ4n) is 3.36. The highest BCUT2D eigenvalue weighted by molar-refractivity contribution is 5.97. The van der Waals surface area contributed by atoms with E-state index in [9.17, 15) is 4.79 Å². The molecule has 0 saturated heterocycles. The quantitative estimate of drug-likeness (QED) is 0.875. The van der Waals surface area contributed by atoms with Gasteiger partial charge in [0.15, 0.2) is 0 Å². The van der Waals surface area contributed by atoms with Crippen molar-refractivity contribution < 1.29 is 9.53 Å². The Bertz CT molecular complexity index is 501. The van der Waals surface area contributed by atoms with Crippen LogP contribution in [0.15, 0.2) is 12.1 Å². The number of carbonyl (C=O) groups is 1. The highest BCUT2D eigenvalue weighted by atomic mass is 16.5. The first-order valence-electron chi connectivity index (χ1n) is 8.57. The third-order valence-electron chi connectivity index (χ3n) is 4.63. The molecular formula is C19H29NO2. The average Bonchev–Trinajstić information content (AvgIpc) is 2.47. The molecule has 2 rings (SSSR count). The van der Waals surface area contributed by atoms with Crippen molar-refractivity contribution in [2.75, 3.05) is 6.61 Å². The molecular weight excluding hydrogens is 274 g/mol. The number of rotatable bonds is 5. The average molecular weight is 303 g/mol. The fraction of sp³-hybridized carbons (Fsp3) is 0.632. The maximum Gasteiger partial charge on any atom is 0.252 e. The first-order valence-corrected chi connectivity index (χ1v) is 8.57. The van der Waals surface area contributed by atoms with Gasteiger partial charge in [0, 0.05) is 11.6 Å². The van der Waals surface area contributed by atoms with Crippen LogP contribution >= 0.6 is 0 Å². The summed E-state index contributed by atoms with van der Waals surface area (Å²) in [6.45, 7) is 9.03. The number of carbonyl (C=O) groups excluding carboxylic acids is 1. The van der Waals surface area contributed by atoms with Crippen LogP contribution in [0.1, 0.15) is 67.4 Å². The number of benzene rings is 1. The number of amides is 1. The number of aryl methyl sites for hydroxylation is 2. The van der Waals surface area contributed by atoms with Gasteiger partial charge in [-0.05, 0) is 62.3 Å². The molecule has 1 saturated carbocycles. The molecule has 0 spiro atoms. The van der Waals surface area contributed by atoms with E-state index in [1.54, 1.807) is 0 Å². The molecule has 1 aliphatic rings. The lowest BCUT2D eigenvalue weighted by Gasteiger charge is -2.30. The monoisotopic (exact) mass is 303 g/mol. The van der Waals surface area contributed by atoms with Crippen molar-refractivity contribution in [2.24, 2.45) is 5.92 Å². The standard InChI is InChI=1S/C19H29NO2/c1-5-10-22-16-11-14(3)18(15(4)12-16)19(21)20-17-9-7-6-8-13(17)2/h11-13,17H,5-10H2,1-4H3,(H,20,21). The second kappa shape index (κ2) is 7.66. The summed E-state index contributed by atoms with van der Waals surface area (Å²) >= 11 is 0. The maximum atomic E-state index is 12.7. The third-order valence-corrected chi connectivity index (χ3v) is 4.63. The lowest BCUT2D eigenvalue weighted by molar-refractivity contribution is 0.0909. The molecule has 0 bridgehead atoms. The molecule has 3 nitrogen and oxygen atoms in total. The first-order chi connectivity index (χ1) is 10.5. The Morgan fingerprint density at radius 2 is 1.86 bits per heavy atom. The highest BCUT2D eigenvalue weighted by Gasteiger charge is 2.24. The van der Waals surface area contributed by atoms with E-state index in [2.05, 4.69) is 19.2 Å². The van der Waals surface area contributed by atoms with Crippen LogP contribution in [0, 0.1) is 19.8 Å². The van der Waals surface area contributed by atoms with Crippen LogP contribution in [0.5, 0.6) is 5.75 Å². The topological polar surface area (TPSA) is 38.3 Å². The number of hydrogen-bond donors (Lipinski definition) is 1. The fourth-order valence-corrected chi connectivity index (χ4v) is 3.36. The van der Waals surface area contributed by atoms with Crippen LogP contribution in [0.3, 0.4) is 0 Å². The van der Waals surface area contributed by atoms with Gasteiger partial charge in [-0.2, -0.15) is 0 Å². The van der Waals surface area contributed by atoms with Crippen LogP contribution in [0.4, 0.5) is 0 Å². The van der Waals surface area contributed by atoms with Gasteiger partial charge in [-0.15, -0.1) is 0 Å². The molecule has 2 atom stereocenters. The van der Waals surface area contributed by atoms with Gasteiger partial charge in [-0.1, -0.05) is 26.7 Å². The molecule has 0 aromatic heterocycles. The van der Waals surface area contributed by atoms with Crippen LogP contribution in [0.25, 0.3) is 0 Å². The molecule has 1 amide bonds. The summed E-state index contributed by atoms with van der Waals surface area (Å²) in [4.78, 5) is 12.7. The van der Waals surface area contributed by atoms with Crippen molar-refractivity contribution in [1.29, 1.82) is 0 Å². The van der Waals surface area contributed by atoms with Crippen LogP contribution in [-0.2, 0) is 0 Å². The Kier molecular flexibility index (Phi) is 5.87. The second-order valence-corrected chi connectivity index (χ2v) is 6.62. The largest absolute Gasteiger partial charge is 0.494 e. The lowest BCUT2D eigenvalue weighted by atomic mass is 9.85. The summed E-state index contributed by atoms with van der Waals surface area (Å²) < 4.78 is 5.69. The van der Waals surface area contributed by atoms with E-state index in [0.29, 0.717) is 18.6 Å². The van der Waals surface area contributed by atoms with Crippen LogP contribution in [-0.4, -0.2) is 18.6 Å². The first kappa shape index (κ1) is 16.9. The molecule has 22 heavy (non-hydrogen) atoms. The summed E-state index contributed by atoms with van der Waals surface area (Å²) in [7, 11) is 0. The van der Waals surface area contributed by atoms with Crippen molar-refractivity contribution in [2.45, 2.75) is 65.8 Å². The Morgan fingerprint density at radius 3 is 2.45 bits per heavy atom. The Labute approximate surface area is 134 Å². The zero-order chi connectivity index (χ0) is 16.1. The van der Waals surface area contributed by atoms with E-state index < -0.39 is 0 Å². The van der Waals surface area contributed by atoms with E-state index in [4.69, 9.17) is 4.74 Å². The molecule has 3 heteroatoms. The molecule has 0 heterocycles. The van der Waals surface area contributed by atoms with Crippen LogP contribution < -0.4 is 10.1 Å². The lowest BCUT2D eigenvalue weighted by Crippen LogP contribution is -2.41. The van der Waals surface area contributed by atoms with Gasteiger partial charge in [0.1, 0.15) is 5.75 Å². The SMILES string of the molecule is CCCOc1cc(C)c(C(=O)NC2CCCCC2C)c(C)c1. The van der Waals surface area contributed by atoms with Gasteiger partial charge in [0.05, 0.1) is 6.61 Å². The third kappa shape index (κ3) is 4.02. The normalized spacial score (nSPS) is 21.5. The van der Waals surface area contributed by atoms with Gasteiger partial charge in [0.25, 0.3) is 5.91 Å². The van der Waals surface area contributed by atoms with E-state index in [0.717, 1.165) is 35.3 Å². The predicted octanol–water partition coefficient (Wildman–Crippen LogP) is 4.40. The molecule has 0 aliphatic heterocycles. The number of hydrogen-bond acceptors (Lipinski definition) is 2. The van der Waals surface area contributed by atoms with Crippen molar-refractivity contribution in [3.8, 4) is 5.75 Å². The van der Waals surface area contributed by atoms with E-state index in [1.165, 1.54) is 19.3 Å². The predicted molar refractivity (Wildman–Crippen MR) is 90.6 cm³/mol. The molecule has 1 fully saturated rings. The minimum Gasteiger partial charge on any atom is -0.494 e. The molecule has 122 valence electrons.